The van der Waals surface area contributed by atoms with Crippen molar-refractivity contribution in [1.82, 2.24) is 25.4 Å². The Hall–Kier alpha value is -1.18. The van der Waals surface area contributed by atoms with Crippen molar-refractivity contribution in [1.29, 1.82) is 0 Å². The molecule has 1 fully saturated rings. The standard InChI is InChI=1S/C19H36N6S/c1-5-17-13-21-18(26-17)14-23-19(20-6-2)22-12-16(4)15-25-10-8-24(7-3)9-11-25/h13,16H,5-12,14-15H2,1-4H3,(H2,20,22,23). The fourth-order valence-corrected chi connectivity index (χ4v) is 3.92. The number of thiazole rings is 1. The highest BCUT2D eigenvalue weighted by molar-refractivity contribution is 7.11. The van der Waals surface area contributed by atoms with Gasteiger partial charge in [0, 0.05) is 56.9 Å². The molecule has 0 radical (unpaired) electrons. The lowest BCUT2D eigenvalue weighted by Crippen LogP contribution is -2.48. The molecule has 2 rings (SSSR count). The minimum Gasteiger partial charge on any atom is -0.357 e. The molecule has 1 aliphatic heterocycles. The van der Waals surface area contributed by atoms with Gasteiger partial charge in [-0.3, -0.25) is 0 Å². The SMILES string of the molecule is CCNC(=NCc1ncc(CC)s1)NCC(C)CN1CCN(CC)CC1. The quantitative estimate of drug-likeness (QED) is 0.507. The first-order chi connectivity index (χ1) is 12.6. The highest BCUT2D eigenvalue weighted by Crippen LogP contribution is 2.14. The first-order valence-electron chi connectivity index (χ1n) is 10.0. The third kappa shape index (κ3) is 7.21. The highest BCUT2D eigenvalue weighted by Gasteiger charge is 2.17. The normalized spacial score (nSPS) is 18.1. The number of aliphatic imine (C=N–C) groups is 1. The van der Waals surface area contributed by atoms with E-state index in [1.807, 2.05) is 6.20 Å². The summed E-state index contributed by atoms with van der Waals surface area (Å²) in [4.78, 5) is 15.6. The Balaban J connectivity index is 1.75. The van der Waals surface area contributed by atoms with E-state index in [1.54, 1.807) is 11.3 Å². The van der Waals surface area contributed by atoms with Gasteiger partial charge in [-0.05, 0) is 25.8 Å². The molecule has 0 bridgehead atoms. The molecule has 1 atom stereocenters. The number of aryl methyl sites for hydroxylation is 1. The van der Waals surface area contributed by atoms with Gasteiger partial charge in [0.15, 0.2) is 5.96 Å². The third-order valence-electron chi connectivity index (χ3n) is 4.77. The summed E-state index contributed by atoms with van der Waals surface area (Å²) in [6, 6.07) is 0. The molecule has 1 aromatic rings. The lowest BCUT2D eigenvalue weighted by atomic mass is 10.1. The van der Waals surface area contributed by atoms with E-state index in [-0.39, 0.29) is 0 Å². The summed E-state index contributed by atoms with van der Waals surface area (Å²) in [7, 11) is 0. The van der Waals surface area contributed by atoms with Crippen LogP contribution in [0.2, 0.25) is 0 Å². The maximum atomic E-state index is 4.69. The Labute approximate surface area is 163 Å². The molecule has 2 heterocycles. The molecule has 1 aromatic heterocycles. The van der Waals surface area contributed by atoms with Gasteiger partial charge in [0.1, 0.15) is 5.01 Å². The molecule has 0 spiro atoms. The van der Waals surface area contributed by atoms with Gasteiger partial charge in [-0.15, -0.1) is 11.3 Å². The van der Waals surface area contributed by atoms with E-state index in [2.05, 4.69) is 53.1 Å². The minimum atomic E-state index is 0.596. The van der Waals surface area contributed by atoms with Gasteiger partial charge in [0.25, 0.3) is 0 Å². The molecule has 2 N–H and O–H groups in total. The molecule has 7 heteroatoms. The molecule has 0 saturated carbocycles. The second-order valence-electron chi connectivity index (χ2n) is 6.99. The van der Waals surface area contributed by atoms with Crippen molar-refractivity contribution >= 4 is 17.3 Å². The van der Waals surface area contributed by atoms with Crippen LogP contribution in [0.1, 0.15) is 37.6 Å². The number of piperazine rings is 1. The summed E-state index contributed by atoms with van der Waals surface area (Å²) in [6.45, 7) is 18.4. The molecule has 1 saturated heterocycles. The summed E-state index contributed by atoms with van der Waals surface area (Å²) < 4.78 is 0. The Morgan fingerprint density at radius 1 is 1.19 bits per heavy atom. The zero-order valence-electron chi connectivity index (χ0n) is 16.9. The van der Waals surface area contributed by atoms with Crippen LogP contribution in [0.25, 0.3) is 0 Å². The smallest absolute Gasteiger partial charge is 0.191 e. The number of nitrogens with zero attached hydrogens (tertiary/aromatic N) is 4. The molecule has 1 aliphatic rings. The topological polar surface area (TPSA) is 55.8 Å². The molecule has 0 aliphatic carbocycles. The van der Waals surface area contributed by atoms with E-state index in [0.717, 1.165) is 37.0 Å². The summed E-state index contributed by atoms with van der Waals surface area (Å²) in [6.07, 6.45) is 3.01. The molecule has 148 valence electrons. The van der Waals surface area contributed by atoms with Crippen LogP contribution in [0.15, 0.2) is 11.2 Å². The largest absolute Gasteiger partial charge is 0.357 e. The predicted molar refractivity (Wildman–Crippen MR) is 112 cm³/mol. The van der Waals surface area contributed by atoms with Crippen molar-refractivity contribution < 1.29 is 0 Å². The fourth-order valence-electron chi connectivity index (χ4n) is 3.14. The molecular formula is C19H36N6S. The summed E-state index contributed by atoms with van der Waals surface area (Å²) in [5, 5.41) is 7.93. The fraction of sp³-hybridized carbons (Fsp3) is 0.789. The van der Waals surface area contributed by atoms with Crippen LogP contribution in [0.3, 0.4) is 0 Å². The summed E-state index contributed by atoms with van der Waals surface area (Å²) >= 11 is 1.76. The van der Waals surface area contributed by atoms with Crippen LogP contribution in [0, 0.1) is 5.92 Å². The van der Waals surface area contributed by atoms with Crippen LogP contribution in [0.5, 0.6) is 0 Å². The van der Waals surface area contributed by atoms with Crippen LogP contribution < -0.4 is 10.6 Å². The molecule has 6 nitrogen and oxygen atoms in total. The minimum absolute atomic E-state index is 0.596. The third-order valence-corrected chi connectivity index (χ3v) is 5.89. The van der Waals surface area contributed by atoms with Crippen LogP contribution in [-0.4, -0.2) is 73.1 Å². The van der Waals surface area contributed by atoms with E-state index >= 15 is 0 Å². The molecule has 1 unspecified atom stereocenters. The van der Waals surface area contributed by atoms with Crippen molar-refractivity contribution in [2.45, 2.75) is 40.7 Å². The van der Waals surface area contributed by atoms with E-state index in [0.29, 0.717) is 12.5 Å². The van der Waals surface area contributed by atoms with Crippen molar-refractivity contribution in [3.05, 3.63) is 16.1 Å². The number of rotatable bonds is 9. The number of aromatic nitrogens is 1. The van der Waals surface area contributed by atoms with E-state index in [9.17, 15) is 0 Å². The van der Waals surface area contributed by atoms with Gasteiger partial charge >= 0.3 is 0 Å². The van der Waals surface area contributed by atoms with Gasteiger partial charge in [0.2, 0.25) is 0 Å². The van der Waals surface area contributed by atoms with Crippen LogP contribution in [-0.2, 0) is 13.0 Å². The average Bonchev–Trinajstić information content (AvgIpc) is 3.13. The zero-order chi connectivity index (χ0) is 18.8. The second-order valence-corrected chi connectivity index (χ2v) is 8.19. The van der Waals surface area contributed by atoms with Gasteiger partial charge in [-0.25, -0.2) is 9.98 Å². The van der Waals surface area contributed by atoms with Gasteiger partial charge < -0.3 is 20.4 Å². The number of guanidine groups is 1. The predicted octanol–water partition coefficient (Wildman–Crippen LogP) is 2.03. The number of hydrogen-bond donors (Lipinski definition) is 2. The maximum absolute atomic E-state index is 4.69. The Kier molecular flexibility index (Phi) is 9.36. The van der Waals surface area contributed by atoms with E-state index in [4.69, 9.17) is 4.99 Å². The Morgan fingerprint density at radius 3 is 2.54 bits per heavy atom. The number of nitrogens with one attached hydrogen (secondary N) is 2. The first kappa shape index (κ1) is 21.1. The number of hydrogen-bond acceptors (Lipinski definition) is 5. The number of likely N-dealkylation sites (N-methyl/N-ethyl adjacent to an activating group) is 1. The monoisotopic (exact) mass is 380 g/mol. The average molecular weight is 381 g/mol. The lowest BCUT2D eigenvalue weighted by molar-refractivity contribution is 0.124. The first-order valence-corrected chi connectivity index (χ1v) is 10.9. The van der Waals surface area contributed by atoms with Gasteiger partial charge in [-0.1, -0.05) is 20.8 Å². The van der Waals surface area contributed by atoms with Crippen molar-refractivity contribution in [2.75, 3.05) is 52.4 Å². The second kappa shape index (κ2) is 11.5. The van der Waals surface area contributed by atoms with Crippen molar-refractivity contribution in [2.24, 2.45) is 10.9 Å². The van der Waals surface area contributed by atoms with Gasteiger partial charge in [0.05, 0.1) is 6.54 Å². The van der Waals surface area contributed by atoms with E-state index < -0.39 is 0 Å². The van der Waals surface area contributed by atoms with Crippen LogP contribution in [0.4, 0.5) is 0 Å². The van der Waals surface area contributed by atoms with Crippen molar-refractivity contribution in [3.8, 4) is 0 Å². The molecule has 26 heavy (non-hydrogen) atoms. The van der Waals surface area contributed by atoms with Crippen molar-refractivity contribution in [3.63, 3.8) is 0 Å². The summed E-state index contributed by atoms with van der Waals surface area (Å²) in [5.41, 5.74) is 0. The Morgan fingerprint density at radius 2 is 1.92 bits per heavy atom. The molecule has 0 aromatic carbocycles. The maximum Gasteiger partial charge on any atom is 0.191 e. The van der Waals surface area contributed by atoms with Gasteiger partial charge in [-0.2, -0.15) is 0 Å². The zero-order valence-corrected chi connectivity index (χ0v) is 17.7. The Bertz CT molecular complexity index is 536. The summed E-state index contributed by atoms with van der Waals surface area (Å²) in [5.74, 6) is 1.49. The molecular weight excluding hydrogens is 344 g/mol. The van der Waals surface area contributed by atoms with Crippen LogP contribution >= 0.6 is 11.3 Å². The van der Waals surface area contributed by atoms with E-state index in [1.165, 1.54) is 37.6 Å². The lowest BCUT2D eigenvalue weighted by Gasteiger charge is -2.35. The highest BCUT2D eigenvalue weighted by atomic mass is 32.1. The molecule has 0 amide bonds.